The zero-order chi connectivity index (χ0) is 18.4. The molecule has 2 rings (SSSR count). The molecular weight excluding hydrogens is 314 g/mol. The Morgan fingerprint density at radius 3 is 2.20 bits per heavy atom. The fourth-order valence-corrected chi connectivity index (χ4v) is 3.17. The molecule has 1 aliphatic heterocycles. The highest BCUT2D eigenvalue weighted by Gasteiger charge is 2.31. The Hall–Kier alpha value is -2.04. The summed E-state index contributed by atoms with van der Waals surface area (Å²) < 4.78 is 0. The first-order chi connectivity index (χ1) is 12.0. The van der Waals surface area contributed by atoms with Gasteiger partial charge in [0.25, 0.3) is 0 Å². The van der Waals surface area contributed by atoms with Crippen LogP contribution in [0.5, 0.6) is 0 Å². The molecule has 25 heavy (non-hydrogen) atoms. The Labute approximate surface area is 151 Å². The number of nitrogens with zero attached hydrogens (tertiary/aromatic N) is 3. The molecule has 0 unspecified atom stereocenters. The lowest BCUT2D eigenvalue weighted by Gasteiger charge is -2.25. The summed E-state index contributed by atoms with van der Waals surface area (Å²) in [5, 5.41) is 0. The van der Waals surface area contributed by atoms with Crippen molar-refractivity contribution in [3.8, 4) is 0 Å². The minimum Gasteiger partial charge on any atom is -0.341 e. The van der Waals surface area contributed by atoms with E-state index in [0.717, 1.165) is 31.6 Å². The van der Waals surface area contributed by atoms with Crippen LogP contribution in [0.1, 0.15) is 52.0 Å². The number of hydrogen-bond donors (Lipinski definition) is 0. The first kappa shape index (κ1) is 19.3. The fourth-order valence-electron chi connectivity index (χ4n) is 3.17. The van der Waals surface area contributed by atoms with E-state index in [1.54, 1.807) is 9.80 Å². The van der Waals surface area contributed by atoms with Crippen molar-refractivity contribution in [2.75, 3.05) is 37.6 Å². The van der Waals surface area contributed by atoms with Crippen molar-refractivity contribution >= 4 is 17.6 Å². The third kappa shape index (κ3) is 4.74. The highest BCUT2D eigenvalue weighted by Crippen LogP contribution is 2.23. The average Bonchev–Trinajstić information content (AvgIpc) is 2.95. The summed E-state index contributed by atoms with van der Waals surface area (Å²) in [7, 11) is 0. The number of carbonyl (C=O) groups excluding carboxylic acids is 2. The fraction of sp³-hybridized carbons (Fsp3) is 0.600. The predicted octanol–water partition coefficient (Wildman–Crippen LogP) is 3.70. The van der Waals surface area contributed by atoms with Crippen LogP contribution in [0.3, 0.4) is 0 Å². The zero-order valence-electron chi connectivity index (χ0n) is 16.0. The number of amides is 3. The summed E-state index contributed by atoms with van der Waals surface area (Å²) >= 11 is 0. The van der Waals surface area contributed by atoms with Crippen molar-refractivity contribution < 1.29 is 9.59 Å². The Kier molecular flexibility index (Phi) is 6.85. The Morgan fingerprint density at radius 2 is 1.68 bits per heavy atom. The molecule has 1 aromatic rings. The maximum atomic E-state index is 12.7. The third-order valence-electron chi connectivity index (χ3n) is 4.63. The zero-order valence-corrected chi connectivity index (χ0v) is 16.0. The molecule has 1 aromatic carbocycles. The van der Waals surface area contributed by atoms with Gasteiger partial charge in [0.15, 0.2) is 0 Å². The second-order valence-electron chi connectivity index (χ2n) is 6.98. The highest BCUT2D eigenvalue weighted by molar-refractivity contribution is 5.96. The van der Waals surface area contributed by atoms with E-state index in [1.807, 2.05) is 17.0 Å². The lowest BCUT2D eigenvalue weighted by molar-refractivity contribution is -0.131. The first-order valence-corrected chi connectivity index (χ1v) is 9.42. The summed E-state index contributed by atoms with van der Waals surface area (Å²) in [5.41, 5.74) is 2.17. The van der Waals surface area contributed by atoms with Crippen LogP contribution < -0.4 is 4.90 Å². The molecule has 0 aromatic heterocycles. The average molecular weight is 345 g/mol. The smallest absolute Gasteiger partial charge is 0.325 e. The Morgan fingerprint density at radius 1 is 1.08 bits per heavy atom. The SMILES string of the molecule is CCCN(CCC)C(=O)CN1CCN(c2ccc(C(C)C)cc2)C1=O. The summed E-state index contributed by atoms with van der Waals surface area (Å²) in [6, 6.07) is 8.08. The number of hydrogen-bond acceptors (Lipinski definition) is 2. The highest BCUT2D eigenvalue weighted by atomic mass is 16.2. The monoisotopic (exact) mass is 345 g/mol. The van der Waals surface area contributed by atoms with Gasteiger partial charge < -0.3 is 9.80 Å². The first-order valence-electron chi connectivity index (χ1n) is 9.42. The van der Waals surface area contributed by atoms with E-state index >= 15 is 0 Å². The van der Waals surface area contributed by atoms with E-state index in [2.05, 4.69) is 39.8 Å². The van der Waals surface area contributed by atoms with Gasteiger partial charge in [-0.05, 0) is 36.5 Å². The molecule has 1 aliphatic rings. The lowest BCUT2D eigenvalue weighted by atomic mass is 10.0. The molecule has 1 saturated heterocycles. The van der Waals surface area contributed by atoms with E-state index in [9.17, 15) is 9.59 Å². The molecule has 0 spiro atoms. The van der Waals surface area contributed by atoms with Crippen molar-refractivity contribution in [2.24, 2.45) is 0 Å². The summed E-state index contributed by atoms with van der Waals surface area (Å²) in [6.07, 6.45) is 1.88. The number of rotatable bonds is 8. The maximum absolute atomic E-state index is 12.7. The molecule has 3 amide bonds. The van der Waals surface area contributed by atoms with E-state index < -0.39 is 0 Å². The van der Waals surface area contributed by atoms with Crippen molar-refractivity contribution in [2.45, 2.75) is 46.5 Å². The van der Waals surface area contributed by atoms with Crippen molar-refractivity contribution in [1.29, 1.82) is 0 Å². The molecule has 5 nitrogen and oxygen atoms in total. The maximum Gasteiger partial charge on any atom is 0.325 e. The second kappa shape index (κ2) is 8.88. The largest absolute Gasteiger partial charge is 0.341 e. The van der Waals surface area contributed by atoms with Gasteiger partial charge in [-0.1, -0.05) is 39.8 Å². The van der Waals surface area contributed by atoms with Gasteiger partial charge in [0.2, 0.25) is 5.91 Å². The number of benzene rings is 1. The van der Waals surface area contributed by atoms with Gasteiger partial charge in [0, 0.05) is 31.9 Å². The topological polar surface area (TPSA) is 43.9 Å². The minimum atomic E-state index is -0.0707. The third-order valence-corrected chi connectivity index (χ3v) is 4.63. The van der Waals surface area contributed by atoms with E-state index in [4.69, 9.17) is 0 Å². The van der Waals surface area contributed by atoms with E-state index in [-0.39, 0.29) is 18.5 Å². The van der Waals surface area contributed by atoms with Gasteiger partial charge in [-0.25, -0.2) is 4.79 Å². The summed E-state index contributed by atoms with van der Waals surface area (Å²) in [6.45, 7) is 11.4. The van der Waals surface area contributed by atoms with Crippen LogP contribution in [-0.4, -0.2) is 54.5 Å². The van der Waals surface area contributed by atoms with Crippen LogP contribution in [0.4, 0.5) is 10.5 Å². The molecule has 138 valence electrons. The molecule has 1 heterocycles. The molecular formula is C20H31N3O2. The molecule has 5 heteroatoms. The normalized spacial score (nSPS) is 14.5. The Bertz CT molecular complexity index is 577. The van der Waals surface area contributed by atoms with Crippen LogP contribution in [0.25, 0.3) is 0 Å². The lowest BCUT2D eigenvalue weighted by Crippen LogP contribution is -2.42. The van der Waals surface area contributed by atoms with E-state index in [1.165, 1.54) is 5.56 Å². The van der Waals surface area contributed by atoms with Crippen LogP contribution >= 0.6 is 0 Å². The van der Waals surface area contributed by atoms with Gasteiger partial charge >= 0.3 is 6.03 Å². The Balaban J connectivity index is 1.99. The van der Waals surface area contributed by atoms with Crippen molar-refractivity contribution in [1.82, 2.24) is 9.80 Å². The summed E-state index contributed by atoms with van der Waals surface area (Å²) in [5.74, 6) is 0.523. The second-order valence-corrected chi connectivity index (χ2v) is 6.98. The predicted molar refractivity (Wildman–Crippen MR) is 102 cm³/mol. The van der Waals surface area contributed by atoms with Gasteiger partial charge in [0.1, 0.15) is 6.54 Å². The minimum absolute atomic E-state index is 0.0501. The van der Waals surface area contributed by atoms with E-state index in [0.29, 0.717) is 19.0 Å². The number of anilines is 1. The molecule has 1 fully saturated rings. The van der Waals surface area contributed by atoms with Gasteiger partial charge in [-0.15, -0.1) is 0 Å². The molecule has 0 bridgehead atoms. The van der Waals surface area contributed by atoms with Crippen molar-refractivity contribution in [3.05, 3.63) is 29.8 Å². The number of carbonyl (C=O) groups is 2. The van der Waals surface area contributed by atoms with Crippen LogP contribution in [-0.2, 0) is 4.79 Å². The molecule has 0 atom stereocenters. The quantitative estimate of drug-likeness (QED) is 0.721. The van der Waals surface area contributed by atoms with Crippen LogP contribution in [0.2, 0.25) is 0 Å². The standard InChI is InChI=1S/C20H31N3O2/c1-5-11-21(12-6-2)19(24)15-22-13-14-23(20(22)25)18-9-7-17(8-10-18)16(3)4/h7-10,16H,5-6,11-15H2,1-4H3. The number of urea groups is 1. The van der Waals surface area contributed by atoms with Crippen molar-refractivity contribution in [3.63, 3.8) is 0 Å². The van der Waals surface area contributed by atoms with Crippen LogP contribution in [0.15, 0.2) is 24.3 Å². The molecule has 0 radical (unpaired) electrons. The van der Waals surface area contributed by atoms with Gasteiger partial charge in [0.05, 0.1) is 0 Å². The molecule has 0 aliphatic carbocycles. The molecule has 0 N–H and O–H groups in total. The molecule has 0 saturated carbocycles. The van der Waals surface area contributed by atoms with Crippen LogP contribution in [0, 0.1) is 0 Å². The van der Waals surface area contributed by atoms with Gasteiger partial charge in [-0.2, -0.15) is 0 Å². The summed E-state index contributed by atoms with van der Waals surface area (Å²) in [4.78, 5) is 30.5. The van der Waals surface area contributed by atoms with Gasteiger partial charge in [-0.3, -0.25) is 9.69 Å².